The van der Waals surface area contributed by atoms with Crippen molar-refractivity contribution < 1.29 is 18.7 Å². The van der Waals surface area contributed by atoms with Gasteiger partial charge in [0.2, 0.25) is 0 Å². The first-order valence-electron chi connectivity index (χ1n) is 14.8. The predicted octanol–water partition coefficient (Wildman–Crippen LogP) is 9.01. The summed E-state index contributed by atoms with van der Waals surface area (Å²) in [5.74, 6) is 0.392. The minimum atomic E-state index is -0.335. The van der Waals surface area contributed by atoms with E-state index in [4.69, 9.17) is 9.47 Å². The maximum absolute atomic E-state index is 14.7. The van der Waals surface area contributed by atoms with Crippen LogP contribution in [0.2, 0.25) is 0 Å². The van der Waals surface area contributed by atoms with Gasteiger partial charge < -0.3 is 9.47 Å². The SMILES string of the molecule is CCCCCCCCCCOc1cc2ccc(-c3ncc(CCCCCC(C)OC(C)=O)cn3)cc2cc1F. The van der Waals surface area contributed by atoms with Crippen LogP contribution in [0.25, 0.3) is 22.2 Å². The number of rotatable bonds is 18. The zero-order valence-corrected chi connectivity index (χ0v) is 24.0. The molecule has 1 heterocycles. The lowest BCUT2D eigenvalue weighted by Crippen LogP contribution is -2.11. The lowest BCUT2D eigenvalue weighted by Gasteiger charge is -2.11. The van der Waals surface area contributed by atoms with Crippen molar-refractivity contribution in [3.8, 4) is 17.1 Å². The Morgan fingerprint density at radius 3 is 2.28 bits per heavy atom. The Hall–Kier alpha value is -3.02. The summed E-state index contributed by atoms with van der Waals surface area (Å²) >= 11 is 0. The number of ether oxygens (including phenoxy) is 2. The summed E-state index contributed by atoms with van der Waals surface area (Å²) in [6.45, 7) is 6.16. The maximum atomic E-state index is 14.7. The normalized spacial score (nSPS) is 12.0. The van der Waals surface area contributed by atoms with E-state index in [0.29, 0.717) is 18.2 Å². The molecule has 0 bridgehead atoms. The number of halogens is 1. The molecule has 6 heteroatoms. The topological polar surface area (TPSA) is 61.3 Å². The number of carbonyl (C=O) groups excluding carboxylic acids is 1. The minimum absolute atomic E-state index is 0.0284. The Labute approximate surface area is 233 Å². The van der Waals surface area contributed by atoms with Gasteiger partial charge in [0.1, 0.15) is 0 Å². The van der Waals surface area contributed by atoms with Crippen molar-refractivity contribution in [2.24, 2.45) is 0 Å². The van der Waals surface area contributed by atoms with E-state index in [1.54, 1.807) is 12.1 Å². The lowest BCUT2D eigenvalue weighted by molar-refractivity contribution is -0.145. The highest BCUT2D eigenvalue weighted by Gasteiger charge is 2.09. The molecule has 1 unspecified atom stereocenters. The predicted molar refractivity (Wildman–Crippen MR) is 156 cm³/mol. The molecule has 2 aromatic carbocycles. The molecule has 0 saturated heterocycles. The van der Waals surface area contributed by atoms with Gasteiger partial charge in [-0.1, -0.05) is 70.4 Å². The highest BCUT2D eigenvalue weighted by molar-refractivity contribution is 5.87. The fourth-order valence-corrected chi connectivity index (χ4v) is 4.83. The highest BCUT2D eigenvalue weighted by Crippen LogP contribution is 2.28. The number of hydrogen-bond acceptors (Lipinski definition) is 5. The molecule has 1 aromatic heterocycles. The number of unbranched alkanes of at least 4 members (excludes halogenated alkanes) is 9. The maximum Gasteiger partial charge on any atom is 0.302 e. The van der Waals surface area contributed by atoms with Gasteiger partial charge in [-0.25, -0.2) is 14.4 Å². The van der Waals surface area contributed by atoms with Gasteiger partial charge >= 0.3 is 5.97 Å². The number of esters is 1. The fourth-order valence-electron chi connectivity index (χ4n) is 4.83. The Bertz CT molecular complexity index is 1150. The molecule has 5 nitrogen and oxygen atoms in total. The summed E-state index contributed by atoms with van der Waals surface area (Å²) in [7, 11) is 0. The van der Waals surface area contributed by atoms with Crippen LogP contribution in [0.5, 0.6) is 5.75 Å². The van der Waals surface area contributed by atoms with Crippen LogP contribution in [0.4, 0.5) is 4.39 Å². The zero-order valence-electron chi connectivity index (χ0n) is 24.0. The summed E-state index contributed by atoms with van der Waals surface area (Å²) in [5, 5.41) is 1.74. The van der Waals surface area contributed by atoms with Crippen molar-refractivity contribution >= 4 is 16.7 Å². The van der Waals surface area contributed by atoms with Crippen molar-refractivity contribution in [3.63, 3.8) is 0 Å². The average molecular weight is 537 g/mol. The second-order valence-corrected chi connectivity index (χ2v) is 10.6. The fraction of sp³-hybridized carbons (Fsp3) is 0.545. The number of benzene rings is 2. The summed E-state index contributed by atoms with van der Waals surface area (Å²) < 4.78 is 25.7. The average Bonchev–Trinajstić information content (AvgIpc) is 2.92. The number of aryl methyl sites for hydroxylation is 1. The Balaban J connectivity index is 1.45. The quantitative estimate of drug-likeness (QED) is 0.120. The highest BCUT2D eigenvalue weighted by atomic mass is 19.1. The van der Waals surface area contributed by atoms with Crippen molar-refractivity contribution in [3.05, 3.63) is 54.1 Å². The third kappa shape index (κ3) is 10.9. The van der Waals surface area contributed by atoms with Gasteiger partial charge in [-0.3, -0.25) is 4.79 Å². The number of nitrogens with zero attached hydrogens (tertiary/aromatic N) is 2. The Morgan fingerprint density at radius 2 is 1.56 bits per heavy atom. The third-order valence-electron chi connectivity index (χ3n) is 7.05. The van der Waals surface area contributed by atoms with E-state index in [1.807, 2.05) is 37.5 Å². The van der Waals surface area contributed by atoms with E-state index < -0.39 is 0 Å². The van der Waals surface area contributed by atoms with Crippen LogP contribution in [0.1, 0.15) is 103 Å². The molecule has 39 heavy (non-hydrogen) atoms. The van der Waals surface area contributed by atoms with Gasteiger partial charge in [0.05, 0.1) is 12.7 Å². The van der Waals surface area contributed by atoms with Crippen LogP contribution in [-0.4, -0.2) is 28.6 Å². The monoisotopic (exact) mass is 536 g/mol. The minimum Gasteiger partial charge on any atom is -0.490 e. The first-order chi connectivity index (χ1) is 19.0. The molecule has 0 saturated carbocycles. The third-order valence-corrected chi connectivity index (χ3v) is 7.05. The summed E-state index contributed by atoms with van der Waals surface area (Å²) in [4.78, 5) is 20.1. The van der Waals surface area contributed by atoms with Crippen LogP contribution in [0.15, 0.2) is 42.7 Å². The first kappa shape index (κ1) is 30.5. The lowest BCUT2D eigenvalue weighted by atomic mass is 10.1. The molecule has 0 amide bonds. The van der Waals surface area contributed by atoms with Crippen LogP contribution in [0, 0.1) is 5.82 Å². The number of carbonyl (C=O) groups is 1. The van der Waals surface area contributed by atoms with Crippen molar-refractivity contribution in [1.82, 2.24) is 9.97 Å². The molecular weight excluding hydrogens is 491 g/mol. The number of hydrogen-bond donors (Lipinski definition) is 0. The number of aromatic nitrogens is 2. The van der Waals surface area contributed by atoms with E-state index in [-0.39, 0.29) is 17.9 Å². The van der Waals surface area contributed by atoms with Crippen LogP contribution in [-0.2, 0) is 16.0 Å². The number of fused-ring (bicyclic) bond motifs is 1. The molecule has 212 valence electrons. The van der Waals surface area contributed by atoms with Gasteiger partial charge in [-0.05, 0) is 73.6 Å². The summed E-state index contributed by atoms with van der Waals surface area (Å²) in [6.07, 6.45) is 18.4. The van der Waals surface area contributed by atoms with E-state index in [1.165, 1.54) is 45.4 Å². The smallest absolute Gasteiger partial charge is 0.302 e. The van der Waals surface area contributed by atoms with Gasteiger partial charge in [0.25, 0.3) is 0 Å². The molecule has 1 atom stereocenters. The van der Waals surface area contributed by atoms with E-state index >= 15 is 0 Å². The van der Waals surface area contributed by atoms with E-state index in [9.17, 15) is 9.18 Å². The second kappa shape index (κ2) is 16.8. The van der Waals surface area contributed by atoms with Gasteiger partial charge in [-0.15, -0.1) is 0 Å². The molecule has 3 aromatic rings. The second-order valence-electron chi connectivity index (χ2n) is 10.6. The van der Waals surface area contributed by atoms with Crippen LogP contribution >= 0.6 is 0 Å². The van der Waals surface area contributed by atoms with Gasteiger partial charge in [0.15, 0.2) is 17.4 Å². The van der Waals surface area contributed by atoms with Gasteiger partial charge in [0, 0.05) is 24.9 Å². The Kier molecular flexibility index (Phi) is 13.2. The van der Waals surface area contributed by atoms with Crippen LogP contribution in [0.3, 0.4) is 0 Å². The molecule has 0 N–H and O–H groups in total. The largest absolute Gasteiger partial charge is 0.490 e. The summed E-state index contributed by atoms with van der Waals surface area (Å²) in [6, 6.07) is 9.21. The molecule has 0 aliphatic rings. The molecule has 0 aliphatic heterocycles. The molecule has 0 aliphatic carbocycles. The molecule has 0 radical (unpaired) electrons. The van der Waals surface area contributed by atoms with Crippen molar-refractivity contribution in [2.75, 3.05) is 6.61 Å². The Morgan fingerprint density at radius 1 is 0.872 bits per heavy atom. The summed E-state index contributed by atoms with van der Waals surface area (Å²) in [5.41, 5.74) is 1.96. The molecular formula is C33H45FN2O3. The van der Waals surface area contributed by atoms with Crippen molar-refractivity contribution in [1.29, 1.82) is 0 Å². The first-order valence-corrected chi connectivity index (χ1v) is 14.8. The standard InChI is InChI=1S/C33H45FN2O3/c1-4-5-6-7-8-9-10-14-19-38-32-22-28-17-18-29(20-30(28)21-31(32)34)33-35-23-27(24-36-33)16-13-11-12-15-25(2)39-26(3)37/h17-18,20-25H,4-16,19H2,1-3H3. The van der Waals surface area contributed by atoms with E-state index in [0.717, 1.165) is 66.8 Å². The molecule has 3 rings (SSSR count). The zero-order chi connectivity index (χ0) is 27.9. The molecule has 0 spiro atoms. The van der Waals surface area contributed by atoms with Crippen LogP contribution < -0.4 is 4.74 Å². The molecule has 0 fully saturated rings. The van der Waals surface area contributed by atoms with E-state index in [2.05, 4.69) is 16.9 Å². The van der Waals surface area contributed by atoms with Crippen molar-refractivity contribution in [2.45, 2.75) is 110 Å². The van der Waals surface area contributed by atoms with Gasteiger partial charge in [-0.2, -0.15) is 0 Å².